The lowest BCUT2D eigenvalue weighted by Crippen LogP contribution is -2.27. The van der Waals surface area contributed by atoms with Crippen LogP contribution in [0.2, 0.25) is 0 Å². The van der Waals surface area contributed by atoms with Gasteiger partial charge in [0.1, 0.15) is 11.4 Å². The van der Waals surface area contributed by atoms with Crippen LogP contribution in [-0.2, 0) is 4.74 Å². The molecular formula is C17H28N2O3S. The lowest BCUT2D eigenvalue weighted by molar-refractivity contribution is 0.0635. The van der Waals surface area contributed by atoms with Gasteiger partial charge in [0, 0.05) is 12.2 Å². The minimum Gasteiger partial charge on any atom is -0.495 e. The lowest BCUT2D eigenvalue weighted by atomic mass is 10.2. The summed E-state index contributed by atoms with van der Waals surface area (Å²) in [5.74, 6) is 1.78. The number of unbranched alkanes of at least 4 members (excludes halogenated alkanes) is 1. The first-order valence-electron chi connectivity index (χ1n) is 7.76. The molecule has 6 heteroatoms. The monoisotopic (exact) mass is 340 g/mol. The molecule has 0 radical (unpaired) electrons. The Morgan fingerprint density at radius 2 is 2.00 bits per heavy atom. The fraction of sp³-hybridized carbons (Fsp3) is 0.588. The number of nitrogens with one attached hydrogen (secondary N) is 2. The average molecular weight is 340 g/mol. The summed E-state index contributed by atoms with van der Waals surface area (Å²) in [5.41, 5.74) is 1.00. The van der Waals surface area contributed by atoms with Gasteiger partial charge in [0.25, 0.3) is 0 Å². The molecule has 130 valence electrons. The fourth-order valence-electron chi connectivity index (χ4n) is 1.93. The number of hydrogen-bond donors (Lipinski definition) is 2. The quantitative estimate of drug-likeness (QED) is 0.677. The van der Waals surface area contributed by atoms with Crippen LogP contribution in [0, 0.1) is 0 Å². The molecule has 0 aliphatic heterocycles. The molecule has 0 bridgehead atoms. The van der Waals surface area contributed by atoms with Gasteiger partial charge < -0.3 is 14.8 Å². The minimum atomic E-state index is -0.537. The van der Waals surface area contributed by atoms with Crippen molar-refractivity contribution in [3.8, 4) is 5.75 Å². The maximum atomic E-state index is 11.9. The van der Waals surface area contributed by atoms with E-state index in [1.165, 1.54) is 12.2 Å². The Balaban J connectivity index is 2.65. The van der Waals surface area contributed by atoms with Crippen LogP contribution >= 0.6 is 11.8 Å². The first-order valence-corrected chi connectivity index (χ1v) is 9.16. The van der Waals surface area contributed by atoms with E-state index >= 15 is 0 Å². The standard InChI is InChI=1S/C17H28N2O3S/c1-17(2,3)22-16(20)19-14-12-13(8-9-15(14)21-4)18-10-6-7-11-23-5/h8-9,12,18H,6-7,10-11H2,1-5H3,(H,19,20). The Kier molecular flexibility index (Phi) is 8.09. The van der Waals surface area contributed by atoms with Crippen LogP contribution in [0.3, 0.4) is 0 Å². The summed E-state index contributed by atoms with van der Waals surface area (Å²) in [6.45, 7) is 6.39. The van der Waals surface area contributed by atoms with E-state index in [-0.39, 0.29) is 0 Å². The zero-order valence-corrected chi connectivity index (χ0v) is 15.5. The SMILES string of the molecule is COc1ccc(NCCCCSC)cc1NC(=O)OC(C)(C)C. The summed E-state index contributed by atoms with van der Waals surface area (Å²) in [6, 6.07) is 5.63. The molecular weight excluding hydrogens is 312 g/mol. The molecule has 1 amide bonds. The smallest absolute Gasteiger partial charge is 0.412 e. The third kappa shape index (κ3) is 8.02. The van der Waals surface area contributed by atoms with Crippen molar-refractivity contribution in [2.45, 2.75) is 39.2 Å². The molecule has 0 unspecified atom stereocenters. The van der Waals surface area contributed by atoms with Gasteiger partial charge in [-0.3, -0.25) is 5.32 Å². The highest BCUT2D eigenvalue weighted by Crippen LogP contribution is 2.28. The number of carbonyl (C=O) groups excluding carboxylic acids is 1. The number of rotatable bonds is 8. The van der Waals surface area contributed by atoms with Crippen molar-refractivity contribution < 1.29 is 14.3 Å². The first-order chi connectivity index (χ1) is 10.9. The van der Waals surface area contributed by atoms with Crippen LogP contribution in [-0.4, -0.2) is 37.4 Å². The largest absolute Gasteiger partial charge is 0.495 e. The van der Waals surface area contributed by atoms with Crippen molar-refractivity contribution in [1.82, 2.24) is 0 Å². The van der Waals surface area contributed by atoms with Crippen LogP contribution in [0.1, 0.15) is 33.6 Å². The van der Waals surface area contributed by atoms with Gasteiger partial charge in [-0.1, -0.05) is 0 Å². The zero-order chi connectivity index (χ0) is 17.3. The third-order valence-electron chi connectivity index (χ3n) is 2.94. The average Bonchev–Trinajstić information content (AvgIpc) is 2.45. The summed E-state index contributed by atoms with van der Waals surface area (Å²) >= 11 is 1.86. The van der Waals surface area contributed by atoms with Crippen molar-refractivity contribution in [2.75, 3.05) is 36.3 Å². The molecule has 1 rings (SSSR count). The highest BCUT2D eigenvalue weighted by molar-refractivity contribution is 7.98. The topological polar surface area (TPSA) is 59.6 Å². The second-order valence-corrected chi connectivity index (χ2v) is 7.15. The molecule has 1 aromatic carbocycles. The molecule has 0 fully saturated rings. The number of anilines is 2. The second kappa shape index (κ2) is 9.55. The molecule has 0 aliphatic rings. The predicted molar refractivity (Wildman–Crippen MR) is 99.0 cm³/mol. The van der Waals surface area contributed by atoms with Crippen molar-refractivity contribution in [1.29, 1.82) is 0 Å². The van der Waals surface area contributed by atoms with E-state index in [0.717, 1.165) is 18.7 Å². The number of benzene rings is 1. The van der Waals surface area contributed by atoms with Crippen molar-refractivity contribution in [2.24, 2.45) is 0 Å². The Hall–Kier alpha value is -1.56. The van der Waals surface area contributed by atoms with E-state index in [2.05, 4.69) is 16.9 Å². The molecule has 0 spiro atoms. The molecule has 0 aliphatic carbocycles. The van der Waals surface area contributed by atoms with Crippen LogP contribution < -0.4 is 15.4 Å². The van der Waals surface area contributed by atoms with Gasteiger partial charge in [-0.2, -0.15) is 11.8 Å². The molecule has 0 saturated heterocycles. The van der Waals surface area contributed by atoms with Crippen LogP contribution in [0.5, 0.6) is 5.75 Å². The van der Waals surface area contributed by atoms with Crippen LogP contribution in [0.4, 0.5) is 16.2 Å². The molecule has 0 heterocycles. The Bertz CT molecular complexity index is 501. The molecule has 1 aromatic rings. The zero-order valence-electron chi connectivity index (χ0n) is 14.7. The van der Waals surface area contributed by atoms with Gasteiger partial charge in [0.05, 0.1) is 12.8 Å². The number of carbonyl (C=O) groups is 1. The molecule has 0 atom stereocenters. The predicted octanol–water partition coefficient (Wildman–Crippen LogP) is 4.60. The van der Waals surface area contributed by atoms with Crippen LogP contribution in [0.15, 0.2) is 18.2 Å². The van der Waals surface area contributed by atoms with Gasteiger partial charge in [0.2, 0.25) is 0 Å². The number of methoxy groups -OCH3 is 1. The van der Waals surface area contributed by atoms with Gasteiger partial charge in [-0.15, -0.1) is 0 Å². The number of ether oxygens (including phenoxy) is 2. The maximum Gasteiger partial charge on any atom is 0.412 e. The fourth-order valence-corrected chi connectivity index (χ4v) is 2.43. The summed E-state index contributed by atoms with van der Waals surface area (Å²) < 4.78 is 10.6. The highest BCUT2D eigenvalue weighted by atomic mass is 32.2. The summed E-state index contributed by atoms with van der Waals surface area (Å²) in [5, 5.41) is 6.10. The summed E-state index contributed by atoms with van der Waals surface area (Å²) in [4.78, 5) is 11.9. The van der Waals surface area contributed by atoms with E-state index < -0.39 is 11.7 Å². The van der Waals surface area contributed by atoms with E-state index in [4.69, 9.17) is 9.47 Å². The highest BCUT2D eigenvalue weighted by Gasteiger charge is 2.17. The van der Waals surface area contributed by atoms with Gasteiger partial charge >= 0.3 is 6.09 Å². The molecule has 2 N–H and O–H groups in total. The normalized spacial score (nSPS) is 11.0. The second-order valence-electron chi connectivity index (χ2n) is 6.17. The van der Waals surface area contributed by atoms with E-state index in [1.807, 2.05) is 50.7 Å². The van der Waals surface area contributed by atoms with Gasteiger partial charge in [-0.05, 0) is 63.8 Å². The molecule has 0 saturated carbocycles. The maximum absolute atomic E-state index is 11.9. The molecule has 5 nitrogen and oxygen atoms in total. The molecule has 23 heavy (non-hydrogen) atoms. The Morgan fingerprint density at radius 1 is 1.26 bits per heavy atom. The van der Waals surface area contributed by atoms with Crippen molar-refractivity contribution in [3.63, 3.8) is 0 Å². The molecule has 0 aromatic heterocycles. The number of hydrogen-bond acceptors (Lipinski definition) is 5. The number of amides is 1. The Morgan fingerprint density at radius 3 is 2.61 bits per heavy atom. The lowest BCUT2D eigenvalue weighted by Gasteiger charge is -2.20. The minimum absolute atomic E-state index is 0.493. The van der Waals surface area contributed by atoms with Crippen molar-refractivity contribution >= 4 is 29.2 Å². The summed E-state index contributed by atoms with van der Waals surface area (Å²) in [6.07, 6.45) is 3.92. The third-order valence-corrected chi connectivity index (χ3v) is 3.64. The van der Waals surface area contributed by atoms with Gasteiger partial charge in [0.15, 0.2) is 0 Å². The van der Waals surface area contributed by atoms with Crippen LogP contribution in [0.25, 0.3) is 0 Å². The van der Waals surface area contributed by atoms with E-state index in [1.54, 1.807) is 7.11 Å². The van der Waals surface area contributed by atoms with Crippen molar-refractivity contribution in [3.05, 3.63) is 18.2 Å². The van der Waals surface area contributed by atoms with Gasteiger partial charge in [-0.25, -0.2) is 4.79 Å². The van der Waals surface area contributed by atoms with E-state index in [9.17, 15) is 4.79 Å². The summed E-state index contributed by atoms with van der Waals surface area (Å²) in [7, 11) is 1.57. The first kappa shape index (κ1) is 19.5. The number of thioether (sulfide) groups is 1. The van der Waals surface area contributed by atoms with E-state index in [0.29, 0.717) is 11.4 Å². The Labute approximate surface area is 143 Å².